The van der Waals surface area contributed by atoms with Gasteiger partial charge in [-0.3, -0.25) is 4.79 Å². The lowest BCUT2D eigenvalue weighted by atomic mass is 9.84. The maximum Gasteiger partial charge on any atom is 0.237 e. The number of thioether (sulfide) groups is 1. The lowest BCUT2D eigenvalue weighted by molar-refractivity contribution is -0.208. The monoisotopic (exact) mass is 434 g/mol. The number of hydrogen-bond acceptors (Lipinski definition) is 7. The maximum absolute atomic E-state index is 15.2. The number of carbonyl (C=O) groups is 1. The number of piperidine rings is 1. The number of alkyl halides is 1. The summed E-state index contributed by atoms with van der Waals surface area (Å²) in [5.41, 5.74) is -2.02. The van der Waals surface area contributed by atoms with Gasteiger partial charge >= 0.3 is 0 Å². The van der Waals surface area contributed by atoms with E-state index in [0.717, 1.165) is 12.8 Å². The smallest absolute Gasteiger partial charge is 0.237 e. The van der Waals surface area contributed by atoms with Crippen LogP contribution in [0.5, 0.6) is 0 Å². The molecule has 2 heterocycles. The number of hydrogen-bond donors (Lipinski definition) is 5. The van der Waals surface area contributed by atoms with Crippen molar-refractivity contribution in [1.82, 2.24) is 10.6 Å². The van der Waals surface area contributed by atoms with Gasteiger partial charge < -0.3 is 30.7 Å². The highest BCUT2D eigenvalue weighted by molar-refractivity contribution is 7.99. The van der Waals surface area contributed by atoms with E-state index in [-0.39, 0.29) is 18.2 Å². The van der Waals surface area contributed by atoms with Crippen molar-refractivity contribution in [2.45, 2.75) is 93.6 Å². The molecule has 0 spiro atoms. The molecule has 1 amide bonds. The molecule has 1 saturated carbocycles. The van der Waals surface area contributed by atoms with E-state index in [0.29, 0.717) is 25.3 Å². The zero-order chi connectivity index (χ0) is 21.3. The average Bonchev–Trinajstić information content (AvgIpc) is 3.48. The molecule has 0 radical (unpaired) electrons. The fourth-order valence-corrected chi connectivity index (χ4v) is 5.16. The largest absolute Gasteiger partial charge is 0.388 e. The molecule has 8 atom stereocenters. The molecule has 1 unspecified atom stereocenters. The molecule has 2 saturated heterocycles. The second kappa shape index (κ2) is 9.36. The van der Waals surface area contributed by atoms with Gasteiger partial charge in [0.1, 0.15) is 35.5 Å². The van der Waals surface area contributed by atoms with Crippen molar-refractivity contribution in [2.75, 3.05) is 12.8 Å². The Bertz CT molecular complexity index is 579. The van der Waals surface area contributed by atoms with Gasteiger partial charge in [0.05, 0.1) is 12.1 Å². The van der Waals surface area contributed by atoms with Crippen molar-refractivity contribution in [3.8, 4) is 0 Å². The van der Waals surface area contributed by atoms with Gasteiger partial charge in [-0.15, -0.1) is 11.8 Å². The van der Waals surface area contributed by atoms with Crippen molar-refractivity contribution in [3.05, 3.63) is 0 Å². The Morgan fingerprint density at radius 1 is 1.28 bits per heavy atom. The van der Waals surface area contributed by atoms with Crippen LogP contribution in [0.1, 0.15) is 46.0 Å². The van der Waals surface area contributed by atoms with Crippen molar-refractivity contribution >= 4 is 17.7 Å². The standard InChI is InChI=1S/C20H35FN2O5S/c1-10(2)13(17-15(25)14(24)16(26)19(28-17)29-3)23-18(27)12-9-20(21,6-7-22-12)8-11-4-5-11/h10-17,19,22,24-26H,4-9H2,1-3H3,(H,23,27)/t12-,13+,14-,15+,16+,17+,19+,20?/m0/s1. The lowest BCUT2D eigenvalue weighted by Crippen LogP contribution is -2.65. The zero-order valence-electron chi connectivity index (χ0n) is 17.4. The number of aliphatic hydroxyl groups is 3. The van der Waals surface area contributed by atoms with Gasteiger partial charge in [0.2, 0.25) is 5.91 Å². The minimum Gasteiger partial charge on any atom is -0.388 e. The van der Waals surface area contributed by atoms with E-state index in [1.54, 1.807) is 6.26 Å². The van der Waals surface area contributed by atoms with E-state index in [1.165, 1.54) is 11.8 Å². The molecule has 0 aromatic heterocycles. The minimum atomic E-state index is -1.37. The SMILES string of the molecule is CS[C@H]1O[C@H]([C@H](NC(=O)[C@@H]2CC(F)(CC3CC3)CCN2)C(C)C)[C@H](O)[C@H](O)[C@H]1O. The number of halogens is 1. The van der Waals surface area contributed by atoms with E-state index in [9.17, 15) is 20.1 Å². The highest BCUT2D eigenvalue weighted by Crippen LogP contribution is 2.42. The molecule has 29 heavy (non-hydrogen) atoms. The Labute approximate surface area is 176 Å². The lowest BCUT2D eigenvalue weighted by Gasteiger charge is -2.44. The predicted molar refractivity (Wildman–Crippen MR) is 109 cm³/mol. The summed E-state index contributed by atoms with van der Waals surface area (Å²) in [5.74, 6) is 0.0273. The Balaban J connectivity index is 1.67. The molecule has 2 aliphatic heterocycles. The topological polar surface area (TPSA) is 111 Å². The molecular formula is C20H35FN2O5S. The molecule has 0 aromatic carbocycles. The van der Waals surface area contributed by atoms with E-state index >= 15 is 4.39 Å². The molecule has 3 fully saturated rings. The minimum absolute atomic E-state index is 0.103. The molecule has 7 nitrogen and oxygen atoms in total. The first kappa shape index (κ1) is 23.2. The third-order valence-corrected chi connectivity index (χ3v) is 7.28. The first-order chi connectivity index (χ1) is 13.6. The Hall–Kier alpha value is -0.450. The fourth-order valence-electron chi connectivity index (χ4n) is 4.48. The molecule has 0 aromatic rings. The molecule has 9 heteroatoms. The van der Waals surface area contributed by atoms with E-state index < -0.39 is 47.6 Å². The number of ether oxygens (including phenoxy) is 1. The highest BCUT2D eigenvalue weighted by atomic mass is 32.2. The molecule has 5 N–H and O–H groups in total. The number of aliphatic hydroxyl groups excluding tert-OH is 3. The van der Waals surface area contributed by atoms with Gasteiger partial charge in [0.15, 0.2) is 0 Å². The molecule has 0 bridgehead atoms. The quantitative estimate of drug-likeness (QED) is 0.398. The summed E-state index contributed by atoms with van der Waals surface area (Å²) in [6.07, 6.45) is 0.189. The van der Waals surface area contributed by atoms with Crippen LogP contribution in [-0.4, -0.2) is 81.6 Å². The fraction of sp³-hybridized carbons (Fsp3) is 0.950. The van der Waals surface area contributed by atoms with Crippen LogP contribution in [-0.2, 0) is 9.53 Å². The Morgan fingerprint density at radius 2 is 1.97 bits per heavy atom. The van der Waals surface area contributed by atoms with Gasteiger partial charge in [-0.2, -0.15) is 0 Å². The van der Waals surface area contributed by atoms with E-state index in [4.69, 9.17) is 4.74 Å². The van der Waals surface area contributed by atoms with Gasteiger partial charge in [-0.05, 0) is 37.5 Å². The van der Waals surface area contributed by atoms with Crippen molar-refractivity contribution < 1.29 is 29.2 Å². The summed E-state index contributed by atoms with van der Waals surface area (Å²) in [6.45, 7) is 4.22. The number of nitrogens with one attached hydrogen (secondary N) is 2. The first-order valence-corrected chi connectivity index (χ1v) is 11.9. The molecular weight excluding hydrogens is 399 g/mol. The van der Waals surface area contributed by atoms with Crippen LogP contribution in [0.4, 0.5) is 4.39 Å². The van der Waals surface area contributed by atoms with Crippen LogP contribution in [0.25, 0.3) is 0 Å². The second-order valence-electron chi connectivity index (χ2n) is 9.21. The van der Waals surface area contributed by atoms with Crippen molar-refractivity contribution in [3.63, 3.8) is 0 Å². The van der Waals surface area contributed by atoms with Gasteiger partial charge in [-0.25, -0.2) is 4.39 Å². The van der Waals surface area contributed by atoms with Crippen molar-refractivity contribution in [2.24, 2.45) is 11.8 Å². The summed E-state index contributed by atoms with van der Waals surface area (Å²) in [6, 6.07) is -1.23. The summed E-state index contributed by atoms with van der Waals surface area (Å²) in [4.78, 5) is 13.0. The molecule has 3 aliphatic rings. The zero-order valence-corrected chi connectivity index (χ0v) is 18.2. The Morgan fingerprint density at radius 3 is 2.55 bits per heavy atom. The number of rotatable bonds is 7. The van der Waals surface area contributed by atoms with Crippen LogP contribution < -0.4 is 10.6 Å². The average molecular weight is 435 g/mol. The summed E-state index contributed by atoms with van der Waals surface area (Å²) >= 11 is 1.23. The van der Waals surface area contributed by atoms with Crippen LogP contribution in [0, 0.1) is 11.8 Å². The van der Waals surface area contributed by atoms with Gasteiger partial charge in [0, 0.05) is 6.42 Å². The van der Waals surface area contributed by atoms with Crippen LogP contribution in [0.3, 0.4) is 0 Å². The van der Waals surface area contributed by atoms with Crippen LogP contribution in [0.15, 0.2) is 0 Å². The molecule has 3 rings (SSSR count). The number of amides is 1. The summed E-state index contributed by atoms with van der Waals surface area (Å²) in [5, 5.41) is 36.8. The van der Waals surface area contributed by atoms with E-state index in [1.807, 2.05) is 13.8 Å². The second-order valence-corrected chi connectivity index (χ2v) is 10.2. The predicted octanol–water partition coefficient (Wildman–Crippen LogP) is 0.558. The van der Waals surface area contributed by atoms with Gasteiger partial charge in [-0.1, -0.05) is 26.7 Å². The normalized spacial score (nSPS) is 41.9. The van der Waals surface area contributed by atoms with Crippen LogP contribution in [0.2, 0.25) is 0 Å². The van der Waals surface area contributed by atoms with E-state index in [2.05, 4.69) is 10.6 Å². The molecule has 1 aliphatic carbocycles. The number of carbonyl (C=O) groups excluding carboxylic acids is 1. The highest BCUT2D eigenvalue weighted by Gasteiger charge is 2.48. The maximum atomic E-state index is 15.2. The van der Waals surface area contributed by atoms with Crippen molar-refractivity contribution in [1.29, 1.82) is 0 Å². The molecule has 168 valence electrons. The third-order valence-electron chi connectivity index (χ3n) is 6.42. The van der Waals surface area contributed by atoms with Crippen LogP contribution >= 0.6 is 11.8 Å². The third kappa shape index (κ3) is 5.43. The Kier molecular flexibility index (Phi) is 7.49. The summed E-state index contributed by atoms with van der Waals surface area (Å²) in [7, 11) is 0. The summed E-state index contributed by atoms with van der Waals surface area (Å²) < 4.78 is 21.1. The first-order valence-electron chi connectivity index (χ1n) is 10.6. The van der Waals surface area contributed by atoms with Gasteiger partial charge in [0.25, 0.3) is 0 Å².